The Hall–Kier alpha value is -0.970. The van der Waals surface area contributed by atoms with Crippen LogP contribution >= 0.6 is 0 Å². The van der Waals surface area contributed by atoms with E-state index in [0.717, 1.165) is 7.11 Å². The van der Waals surface area contributed by atoms with Crippen molar-refractivity contribution < 1.29 is 14.6 Å². The predicted octanol–water partition coefficient (Wildman–Crippen LogP) is 1.03. The second kappa shape index (κ2) is 7.34. The van der Waals surface area contributed by atoms with E-state index < -0.39 is 0 Å². The van der Waals surface area contributed by atoms with Crippen molar-refractivity contribution in [2.45, 2.75) is 6.04 Å². The lowest BCUT2D eigenvalue weighted by atomic mass is 10.1. The van der Waals surface area contributed by atoms with Gasteiger partial charge in [0.1, 0.15) is 5.82 Å². The first-order valence-electron chi connectivity index (χ1n) is 4.63. The standard InChI is InChI=1S/C10H14FNO.CH4O/c1-12(2)10(7-13)8-5-3-4-6-9(8)11;1-2/h3-6,10,13H,7H2,1-2H3;2H,1H3. The molecule has 1 aromatic carbocycles. The number of benzene rings is 1. The fraction of sp³-hybridized carbons (Fsp3) is 0.455. The number of hydrogen-bond donors (Lipinski definition) is 2. The first kappa shape index (κ1) is 14.0. The van der Waals surface area contributed by atoms with Crippen molar-refractivity contribution >= 4 is 0 Å². The summed E-state index contributed by atoms with van der Waals surface area (Å²) in [5.41, 5.74) is 0.537. The molecule has 86 valence electrons. The minimum atomic E-state index is -0.268. The van der Waals surface area contributed by atoms with Crippen LogP contribution < -0.4 is 0 Å². The third-order valence-electron chi connectivity index (χ3n) is 2.06. The Morgan fingerprint density at radius 2 is 1.80 bits per heavy atom. The van der Waals surface area contributed by atoms with Crippen LogP contribution in [0.25, 0.3) is 0 Å². The van der Waals surface area contributed by atoms with Crippen molar-refractivity contribution in [1.82, 2.24) is 4.90 Å². The maximum absolute atomic E-state index is 13.2. The Balaban J connectivity index is 0.000000921. The summed E-state index contributed by atoms with van der Waals surface area (Å²) in [6, 6.07) is 6.24. The molecule has 2 N–H and O–H groups in total. The van der Waals surface area contributed by atoms with Gasteiger partial charge in [-0.1, -0.05) is 18.2 Å². The third-order valence-corrected chi connectivity index (χ3v) is 2.06. The van der Waals surface area contributed by atoms with Gasteiger partial charge < -0.3 is 15.1 Å². The molecule has 0 amide bonds. The molecule has 0 heterocycles. The van der Waals surface area contributed by atoms with Crippen molar-refractivity contribution in [3.63, 3.8) is 0 Å². The van der Waals surface area contributed by atoms with E-state index in [1.54, 1.807) is 23.1 Å². The first-order valence-corrected chi connectivity index (χ1v) is 4.63. The molecule has 0 saturated carbocycles. The molecule has 0 aliphatic heterocycles. The van der Waals surface area contributed by atoms with Gasteiger partial charge in [-0.15, -0.1) is 0 Å². The third kappa shape index (κ3) is 3.95. The van der Waals surface area contributed by atoms with Gasteiger partial charge in [-0.25, -0.2) is 4.39 Å². The molecule has 0 radical (unpaired) electrons. The molecule has 3 nitrogen and oxygen atoms in total. The van der Waals surface area contributed by atoms with Crippen LogP contribution in [0.2, 0.25) is 0 Å². The summed E-state index contributed by atoms with van der Waals surface area (Å²) in [6.07, 6.45) is 0. The van der Waals surface area contributed by atoms with Crippen LogP contribution in [0.4, 0.5) is 4.39 Å². The molecule has 0 aliphatic carbocycles. The molecule has 1 unspecified atom stereocenters. The Labute approximate surface area is 89.8 Å². The van der Waals surface area contributed by atoms with E-state index in [0.29, 0.717) is 5.56 Å². The van der Waals surface area contributed by atoms with Gasteiger partial charge in [-0.3, -0.25) is 0 Å². The van der Waals surface area contributed by atoms with Crippen LogP contribution in [-0.4, -0.2) is 42.9 Å². The minimum absolute atomic E-state index is 0.0755. The highest BCUT2D eigenvalue weighted by molar-refractivity contribution is 5.21. The van der Waals surface area contributed by atoms with E-state index in [2.05, 4.69) is 0 Å². The normalized spacial score (nSPS) is 11.9. The molecular weight excluding hydrogens is 197 g/mol. The van der Waals surface area contributed by atoms with Crippen molar-refractivity contribution in [3.05, 3.63) is 35.6 Å². The van der Waals surface area contributed by atoms with Crippen LogP contribution in [0.3, 0.4) is 0 Å². The Morgan fingerprint density at radius 3 is 2.20 bits per heavy atom. The molecule has 15 heavy (non-hydrogen) atoms. The number of aliphatic hydroxyl groups excluding tert-OH is 2. The van der Waals surface area contributed by atoms with Gasteiger partial charge in [-0.2, -0.15) is 0 Å². The van der Waals surface area contributed by atoms with Crippen molar-refractivity contribution in [1.29, 1.82) is 0 Å². The molecule has 0 saturated heterocycles. The van der Waals surface area contributed by atoms with E-state index in [4.69, 9.17) is 10.2 Å². The highest BCUT2D eigenvalue weighted by atomic mass is 19.1. The number of nitrogens with zero attached hydrogens (tertiary/aromatic N) is 1. The lowest BCUT2D eigenvalue weighted by Gasteiger charge is -2.22. The Bertz CT molecular complexity index is 279. The molecular formula is C11H18FNO2. The Morgan fingerprint density at radius 1 is 1.27 bits per heavy atom. The lowest BCUT2D eigenvalue weighted by Crippen LogP contribution is -2.23. The fourth-order valence-electron chi connectivity index (χ4n) is 1.29. The topological polar surface area (TPSA) is 43.7 Å². The van der Waals surface area contributed by atoms with Gasteiger partial charge in [0.15, 0.2) is 0 Å². The average Bonchev–Trinajstić information content (AvgIpc) is 2.24. The van der Waals surface area contributed by atoms with E-state index in [-0.39, 0.29) is 18.5 Å². The summed E-state index contributed by atoms with van der Waals surface area (Å²) in [4.78, 5) is 1.79. The van der Waals surface area contributed by atoms with Crippen LogP contribution in [-0.2, 0) is 0 Å². The molecule has 0 spiro atoms. The van der Waals surface area contributed by atoms with Gasteiger partial charge in [0.2, 0.25) is 0 Å². The maximum Gasteiger partial charge on any atom is 0.128 e. The Kier molecular flexibility index (Phi) is 6.86. The van der Waals surface area contributed by atoms with Gasteiger partial charge in [-0.05, 0) is 20.2 Å². The summed E-state index contributed by atoms with van der Waals surface area (Å²) in [6.45, 7) is -0.0755. The molecule has 0 fully saturated rings. The molecule has 1 rings (SSSR count). The van der Waals surface area contributed by atoms with Gasteiger partial charge in [0, 0.05) is 12.7 Å². The quantitative estimate of drug-likeness (QED) is 0.791. The summed E-state index contributed by atoms with van der Waals surface area (Å²) in [5, 5.41) is 16.1. The van der Waals surface area contributed by atoms with Crippen molar-refractivity contribution in [2.24, 2.45) is 0 Å². The average molecular weight is 215 g/mol. The largest absolute Gasteiger partial charge is 0.400 e. The SMILES string of the molecule is CN(C)C(CO)c1ccccc1F.CO. The summed E-state index contributed by atoms with van der Waals surface area (Å²) in [5.74, 6) is -0.268. The van der Waals surface area contributed by atoms with E-state index in [1.807, 2.05) is 14.1 Å². The van der Waals surface area contributed by atoms with Gasteiger partial charge in [0.25, 0.3) is 0 Å². The molecule has 4 heteroatoms. The highest BCUT2D eigenvalue weighted by Gasteiger charge is 2.15. The zero-order valence-corrected chi connectivity index (χ0v) is 9.31. The second-order valence-corrected chi connectivity index (χ2v) is 3.18. The van der Waals surface area contributed by atoms with Crippen LogP contribution in [0, 0.1) is 5.82 Å². The molecule has 1 aromatic rings. The van der Waals surface area contributed by atoms with Gasteiger partial charge >= 0.3 is 0 Å². The zero-order valence-electron chi connectivity index (χ0n) is 9.31. The molecule has 1 atom stereocenters. The zero-order chi connectivity index (χ0) is 11.8. The predicted molar refractivity (Wildman–Crippen MR) is 58.1 cm³/mol. The number of hydrogen-bond acceptors (Lipinski definition) is 3. The summed E-state index contributed by atoms with van der Waals surface area (Å²) < 4.78 is 13.2. The van der Waals surface area contributed by atoms with E-state index in [9.17, 15) is 4.39 Å². The number of likely N-dealkylation sites (N-methyl/N-ethyl adjacent to an activating group) is 1. The van der Waals surface area contributed by atoms with Gasteiger partial charge in [0.05, 0.1) is 12.6 Å². The molecule has 0 bridgehead atoms. The van der Waals surface area contributed by atoms with Crippen molar-refractivity contribution in [3.8, 4) is 0 Å². The molecule has 0 aromatic heterocycles. The minimum Gasteiger partial charge on any atom is -0.400 e. The number of rotatable bonds is 3. The first-order chi connectivity index (χ1) is 7.16. The van der Waals surface area contributed by atoms with Crippen LogP contribution in [0.5, 0.6) is 0 Å². The van der Waals surface area contributed by atoms with Crippen LogP contribution in [0.1, 0.15) is 11.6 Å². The lowest BCUT2D eigenvalue weighted by molar-refractivity contribution is 0.167. The van der Waals surface area contributed by atoms with Crippen LogP contribution in [0.15, 0.2) is 24.3 Å². The number of aliphatic hydroxyl groups is 2. The smallest absolute Gasteiger partial charge is 0.128 e. The summed E-state index contributed by atoms with van der Waals surface area (Å²) in [7, 11) is 4.63. The van der Waals surface area contributed by atoms with E-state index in [1.165, 1.54) is 6.07 Å². The maximum atomic E-state index is 13.2. The highest BCUT2D eigenvalue weighted by Crippen LogP contribution is 2.19. The summed E-state index contributed by atoms with van der Waals surface area (Å²) >= 11 is 0. The van der Waals surface area contributed by atoms with E-state index >= 15 is 0 Å². The fourth-order valence-corrected chi connectivity index (χ4v) is 1.29. The number of halogens is 1. The molecule has 0 aliphatic rings. The van der Waals surface area contributed by atoms with Crippen molar-refractivity contribution in [2.75, 3.05) is 27.8 Å². The monoisotopic (exact) mass is 215 g/mol. The second-order valence-electron chi connectivity index (χ2n) is 3.18.